The van der Waals surface area contributed by atoms with E-state index in [4.69, 9.17) is 5.41 Å². The summed E-state index contributed by atoms with van der Waals surface area (Å²) in [6.07, 6.45) is 0. The molecule has 0 fully saturated rings. The molecular formula is C5H9F2NOS. The minimum Gasteiger partial charge on any atom is -0.481 e. The third-order valence-corrected chi connectivity index (χ3v) is 1.34. The van der Waals surface area contributed by atoms with Crippen molar-refractivity contribution in [2.75, 3.05) is 12.4 Å². The van der Waals surface area contributed by atoms with Crippen LogP contribution < -0.4 is 0 Å². The van der Waals surface area contributed by atoms with Crippen LogP contribution in [0.1, 0.15) is 6.92 Å². The second kappa shape index (κ2) is 5.46. The third-order valence-electron chi connectivity index (χ3n) is 0.659. The minimum absolute atomic E-state index is 0.0501. The van der Waals surface area contributed by atoms with Crippen LogP contribution in [0.15, 0.2) is 0 Å². The number of nitrogens with one attached hydrogen (secondary N) is 1. The van der Waals surface area contributed by atoms with E-state index < -0.39 is 5.76 Å². The molecule has 0 aliphatic carbocycles. The Morgan fingerprint density at radius 1 is 1.70 bits per heavy atom. The standard InChI is InChI=1S/C5H9F2NOS/c1-2-9-4(8)3-10-5(6)7/h5,8H,2-3H2,1H3. The summed E-state index contributed by atoms with van der Waals surface area (Å²) < 4.78 is 27.5. The molecule has 0 saturated heterocycles. The molecule has 5 heteroatoms. The van der Waals surface area contributed by atoms with Gasteiger partial charge in [-0.3, -0.25) is 5.41 Å². The van der Waals surface area contributed by atoms with Gasteiger partial charge in [0.05, 0.1) is 12.4 Å². The summed E-state index contributed by atoms with van der Waals surface area (Å²) in [5, 5.41) is 6.91. The number of alkyl halides is 2. The number of ether oxygens (including phenoxy) is 1. The molecule has 0 spiro atoms. The van der Waals surface area contributed by atoms with Crippen molar-refractivity contribution >= 4 is 17.7 Å². The van der Waals surface area contributed by atoms with E-state index in [1.165, 1.54) is 0 Å². The number of hydrogen-bond acceptors (Lipinski definition) is 3. The van der Waals surface area contributed by atoms with Gasteiger partial charge in [-0.15, -0.1) is 0 Å². The Morgan fingerprint density at radius 3 is 2.70 bits per heavy atom. The van der Waals surface area contributed by atoms with Gasteiger partial charge in [-0.25, -0.2) is 0 Å². The van der Waals surface area contributed by atoms with Crippen molar-refractivity contribution in [1.82, 2.24) is 0 Å². The van der Waals surface area contributed by atoms with Crippen LogP contribution in [-0.4, -0.2) is 24.0 Å². The zero-order chi connectivity index (χ0) is 7.98. The normalized spacial score (nSPS) is 10.0. The molecule has 60 valence electrons. The smallest absolute Gasteiger partial charge is 0.285 e. The van der Waals surface area contributed by atoms with Crippen molar-refractivity contribution in [3.05, 3.63) is 0 Å². The lowest BCUT2D eigenvalue weighted by Gasteiger charge is -2.02. The largest absolute Gasteiger partial charge is 0.481 e. The van der Waals surface area contributed by atoms with Crippen LogP contribution in [0.3, 0.4) is 0 Å². The fourth-order valence-corrected chi connectivity index (χ4v) is 0.715. The molecule has 0 unspecified atom stereocenters. The quantitative estimate of drug-likeness (QED) is 0.515. The molecule has 0 amide bonds. The van der Waals surface area contributed by atoms with E-state index in [-0.39, 0.29) is 11.7 Å². The Kier molecular flexibility index (Phi) is 5.29. The highest BCUT2D eigenvalue weighted by Crippen LogP contribution is 2.12. The highest BCUT2D eigenvalue weighted by Gasteiger charge is 2.04. The Hall–Kier alpha value is -0.320. The average Bonchev–Trinajstić information content (AvgIpc) is 1.85. The van der Waals surface area contributed by atoms with Crippen LogP contribution in [0.2, 0.25) is 0 Å². The Morgan fingerprint density at radius 2 is 2.30 bits per heavy atom. The van der Waals surface area contributed by atoms with Crippen molar-refractivity contribution in [2.45, 2.75) is 12.7 Å². The fourth-order valence-electron chi connectivity index (χ4n) is 0.355. The van der Waals surface area contributed by atoms with Crippen LogP contribution >= 0.6 is 11.8 Å². The first-order valence-electron chi connectivity index (χ1n) is 2.76. The second-order valence-electron chi connectivity index (χ2n) is 1.43. The van der Waals surface area contributed by atoms with Gasteiger partial charge >= 0.3 is 0 Å². The van der Waals surface area contributed by atoms with Crippen molar-refractivity contribution in [1.29, 1.82) is 5.41 Å². The Bertz CT molecular complexity index is 110. The molecule has 0 saturated carbocycles. The zero-order valence-electron chi connectivity index (χ0n) is 5.56. The van der Waals surface area contributed by atoms with E-state index in [0.717, 1.165) is 0 Å². The number of thioether (sulfide) groups is 1. The summed E-state index contributed by atoms with van der Waals surface area (Å²) >= 11 is 0.396. The lowest BCUT2D eigenvalue weighted by molar-refractivity contribution is 0.252. The first-order chi connectivity index (χ1) is 4.66. The Balaban J connectivity index is 3.22. The van der Waals surface area contributed by atoms with Crippen molar-refractivity contribution in [2.24, 2.45) is 0 Å². The maximum Gasteiger partial charge on any atom is 0.285 e. The molecule has 0 rings (SSSR count). The highest BCUT2D eigenvalue weighted by atomic mass is 32.2. The topological polar surface area (TPSA) is 33.1 Å². The van der Waals surface area contributed by atoms with Crippen molar-refractivity contribution in [3.63, 3.8) is 0 Å². The predicted molar refractivity (Wildman–Crippen MR) is 37.8 cm³/mol. The molecule has 0 aromatic heterocycles. The number of halogens is 2. The van der Waals surface area contributed by atoms with Gasteiger partial charge in [-0.05, 0) is 6.92 Å². The van der Waals surface area contributed by atoms with E-state index in [1.54, 1.807) is 6.92 Å². The molecule has 0 aliphatic heterocycles. The van der Waals surface area contributed by atoms with Crippen molar-refractivity contribution in [3.8, 4) is 0 Å². The van der Waals surface area contributed by atoms with Crippen LogP contribution in [0.25, 0.3) is 0 Å². The van der Waals surface area contributed by atoms with Crippen LogP contribution in [-0.2, 0) is 4.74 Å². The molecule has 1 N–H and O–H groups in total. The van der Waals surface area contributed by atoms with E-state index >= 15 is 0 Å². The van der Waals surface area contributed by atoms with Gasteiger partial charge in [0.25, 0.3) is 5.76 Å². The van der Waals surface area contributed by atoms with E-state index in [0.29, 0.717) is 18.4 Å². The summed E-state index contributed by atoms with van der Waals surface area (Å²) in [5.41, 5.74) is 0. The van der Waals surface area contributed by atoms with Crippen LogP contribution in [0.4, 0.5) is 8.78 Å². The van der Waals surface area contributed by atoms with Gasteiger partial charge in [-0.2, -0.15) is 8.78 Å². The molecule has 0 aromatic carbocycles. The average molecular weight is 169 g/mol. The monoisotopic (exact) mass is 169 g/mol. The maximum atomic E-state index is 11.4. The van der Waals surface area contributed by atoms with Gasteiger partial charge in [0, 0.05) is 0 Å². The Labute approximate surface area is 62.5 Å². The lowest BCUT2D eigenvalue weighted by Crippen LogP contribution is -2.06. The number of rotatable bonds is 4. The zero-order valence-corrected chi connectivity index (χ0v) is 6.38. The molecule has 2 nitrogen and oxygen atoms in total. The molecule has 0 heterocycles. The van der Waals surface area contributed by atoms with E-state index in [1.807, 2.05) is 0 Å². The minimum atomic E-state index is -2.42. The van der Waals surface area contributed by atoms with Gasteiger partial charge < -0.3 is 4.74 Å². The van der Waals surface area contributed by atoms with E-state index in [9.17, 15) is 8.78 Å². The summed E-state index contributed by atoms with van der Waals surface area (Å²) in [6, 6.07) is 0. The van der Waals surface area contributed by atoms with Gasteiger partial charge in [0.15, 0.2) is 5.90 Å². The van der Waals surface area contributed by atoms with E-state index in [2.05, 4.69) is 4.74 Å². The van der Waals surface area contributed by atoms with Gasteiger partial charge in [0.2, 0.25) is 0 Å². The summed E-state index contributed by atoms with van der Waals surface area (Å²) in [6.45, 7) is 2.07. The molecule has 0 radical (unpaired) electrons. The summed E-state index contributed by atoms with van der Waals surface area (Å²) in [5.74, 6) is -2.56. The molecule has 0 aliphatic rings. The van der Waals surface area contributed by atoms with Gasteiger partial charge in [0.1, 0.15) is 0 Å². The van der Waals surface area contributed by atoms with Crippen LogP contribution in [0, 0.1) is 5.41 Å². The van der Waals surface area contributed by atoms with Crippen molar-refractivity contribution < 1.29 is 13.5 Å². The maximum absolute atomic E-state index is 11.4. The SMILES string of the molecule is CCOC(=N)CSC(F)F. The molecule has 0 atom stereocenters. The summed E-state index contributed by atoms with van der Waals surface area (Å²) in [4.78, 5) is 0. The summed E-state index contributed by atoms with van der Waals surface area (Å²) in [7, 11) is 0. The lowest BCUT2D eigenvalue weighted by atomic mass is 10.7. The fraction of sp³-hybridized carbons (Fsp3) is 0.800. The molecule has 10 heavy (non-hydrogen) atoms. The second-order valence-corrected chi connectivity index (χ2v) is 2.41. The predicted octanol–water partition coefficient (Wildman–Crippen LogP) is 1.96. The first kappa shape index (κ1) is 9.68. The molecule has 0 aromatic rings. The first-order valence-corrected chi connectivity index (χ1v) is 3.81. The number of hydrogen-bond donors (Lipinski definition) is 1. The molecular weight excluding hydrogens is 160 g/mol. The highest BCUT2D eigenvalue weighted by molar-refractivity contribution is 8.00. The van der Waals surface area contributed by atoms with Gasteiger partial charge in [-0.1, -0.05) is 11.8 Å². The molecule has 0 bridgehead atoms. The third kappa shape index (κ3) is 5.81. The van der Waals surface area contributed by atoms with Crippen LogP contribution in [0.5, 0.6) is 0 Å².